The maximum atomic E-state index is 11.5. The summed E-state index contributed by atoms with van der Waals surface area (Å²) in [4.78, 5) is 11.5. The van der Waals surface area contributed by atoms with Crippen LogP contribution >= 0.6 is 12.4 Å². The molecular formula is C14H21ClN2O2. The first-order valence-electron chi connectivity index (χ1n) is 6.36. The van der Waals surface area contributed by atoms with Crippen molar-refractivity contribution < 1.29 is 9.53 Å². The molecule has 0 spiro atoms. The minimum absolute atomic E-state index is 0. The van der Waals surface area contributed by atoms with Crippen LogP contribution in [0.5, 0.6) is 0 Å². The number of carbonyl (C=O) groups is 1. The van der Waals surface area contributed by atoms with Crippen LogP contribution in [0.25, 0.3) is 0 Å². The van der Waals surface area contributed by atoms with Crippen LogP contribution in [0.1, 0.15) is 29.5 Å². The van der Waals surface area contributed by atoms with Gasteiger partial charge in [0.25, 0.3) is 0 Å². The Morgan fingerprint density at radius 3 is 2.95 bits per heavy atom. The van der Waals surface area contributed by atoms with Crippen molar-refractivity contribution in [3.8, 4) is 0 Å². The van der Waals surface area contributed by atoms with E-state index in [0.717, 1.165) is 25.1 Å². The summed E-state index contributed by atoms with van der Waals surface area (Å²) in [7, 11) is 1.65. The second kappa shape index (κ2) is 8.15. The predicted molar refractivity (Wildman–Crippen MR) is 77.2 cm³/mol. The zero-order valence-electron chi connectivity index (χ0n) is 11.2. The van der Waals surface area contributed by atoms with E-state index in [1.165, 1.54) is 11.1 Å². The van der Waals surface area contributed by atoms with E-state index in [1.807, 2.05) is 0 Å². The predicted octanol–water partition coefficient (Wildman–Crippen LogP) is 1.75. The fraction of sp³-hybridized carbons (Fsp3) is 0.500. The summed E-state index contributed by atoms with van der Waals surface area (Å²) in [6.45, 7) is 3.14. The fourth-order valence-corrected chi connectivity index (χ4v) is 2.12. The second-order valence-corrected chi connectivity index (χ2v) is 4.58. The van der Waals surface area contributed by atoms with E-state index in [1.54, 1.807) is 7.11 Å². The Hall–Kier alpha value is -1.10. The summed E-state index contributed by atoms with van der Waals surface area (Å²) in [5.41, 5.74) is 3.88. The highest BCUT2D eigenvalue weighted by Gasteiger charge is 2.10. The molecule has 0 aromatic heterocycles. The molecule has 2 N–H and O–H groups in total. The Morgan fingerprint density at radius 2 is 2.16 bits per heavy atom. The van der Waals surface area contributed by atoms with Crippen LogP contribution in [0.15, 0.2) is 18.2 Å². The van der Waals surface area contributed by atoms with E-state index < -0.39 is 0 Å². The van der Waals surface area contributed by atoms with Crippen LogP contribution < -0.4 is 10.6 Å². The number of hydrogen-bond acceptors (Lipinski definition) is 3. The van der Waals surface area contributed by atoms with Crippen molar-refractivity contribution in [2.75, 3.05) is 13.7 Å². The van der Waals surface area contributed by atoms with Gasteiger partial charge in [-0.1, -0.05) is 18.2 Å². The number of amides is 1. The molecule has 2 rings (SSSR count). The van der Waals surface area contributed by atoms with Crippen LogP contribution in [0.3, 0.4) is 0 Å². The van der Waals surface area contributed by atoms with Gasteiger partial charge >= 0.3 is 0 Å². The topological polar surface area (TPSA) is 50.4 Å². The van der Waals surface area contributed by atoms with Gasteiger partial charge in [-0.15, -0.1) is 12.4 Å². The van der Waals surface area contributed by atoms with Crippen molar-refractivity contribution in [3.63, 3.8) is 0 Å². The third-order valence-corrected chi connectivity index (χ3v) is 3.14. The third-order valence-electron chi connectivity index (χ3n) is 3.14. The van der Waals surface area contributed by atoms with E-state index in [4.69, 9.17) is 4.74 Å². The maximum Gasteiger partial charge on any atom is 0.220 e. The number of nitrogens with one attached hydrogen (secondary N) is 2. The molecule has 19 heavy (non-hydrogen) atoms. The highest BCUT2D eigenvalue weighted by molar-refractivity contribution is 5.85. The number of ether oxygens (including phenoxy) is 1. The van der Waals surface area contributed by atoms with Crippen molar-refractivity contribution in [3.05, 3.63) is 34.9 Å². The van der Waals surface area contributed by atoms with E-state index >= 15 is 0 Å². The highest BCUT2D eigenvalue weighted by Crippen LogP contribution is 2.16. The van der Waals surface area contributed by atoms with Gasteiger partial charge in [0.2, 0.25) is 5.91 Å². The first kappa shape index (κ1) is 16.0. The molecule has 4 nitrogen and oxygen atoms in total. The van der Waals surface area contributed by atoms with Crippen LogP contribution in [0.4, 0.5) is 0 Å². The zero-order valence-corrected chi connectivity index (χ0v) is 12.0. The molecule has 0 fully saturated rings. The molecular weight excluding hydrogens is 264 g/mol. The largest absolute Gasteiger partial charge is 0.385 e. The van der Waals surface area contributed by atoms with Gasteiger partial charge in [0.05, 0.1) is 0 Å². The lowest BCUT2D eigenvalue weighted by atomic mass is 10.1. The minimum Gasteiger partial charge on any atom is -0.385 e. The molecule has 0 atom stereocenters. The molecule has 1 aliphatic heterocycles. The summed E-state index contributed by atoms with van der Waals surface area (Å²) in [6.07, 6.45) is 1.30. The summed E-state index contributed by atoms with van der Waals surface area (Å²) in [5.74, 6) is 0.0886. The number of carbonyl (C=O) groups excluding carboxylic acids is 1. The molecule has 1 amide bonds. The van der Waals surface area contributed by atoms with Gasteiger partial charge in [-0.2, -0.15) is 0 Å². The number of hydrogen-bond donors (Lipinski definition) is 2. The summed E-state index contributed by atoms with van der Waals surface area (Å²) in [5, 5.41) is 6.25. The van der Waals surface area contributed by atoms with E-state index in [2.05, 4.69) is 28.8 Å². The van der Waals surface area contributed by atoms with Crippen molar-refractivity contribution in [1.29, 1.82) is 0 Å². The number of benzene rings is 1. The number of fused-ring (bicyclic) bond motifs is 1. The lowest BCUT2D eigenvalue weighted by Crippen LogP contribution is -2.22. The molecule has 0 radical (unpaired) electrons. The summed E-state index contributed by atoms with van der Waals surface area (Å²) >= 11 is 0. The van der Waals surface area contributed by atoms with Crippen molar-refractivity contribution >= 4 is 18.3 Å². The Balaban J connectivity index is 0.00000180. The average Bonchev–Trinajstić information content (AvgIpc) is 2.84. The summed E-state index contributed by atoms with van der Waals surface area (Å²) < 4.78 is 4.92. The molecule has 0 bridgehead atoms. The zero-order chi connectivity index (χ0) is 12.8. The van der Waals surface area contributed by atoms with Crippen LogP contribution in [0.2, 0.25) is 0 Å². The molecule has 0 saturated heterocycles. The smallest absolute Gasteiger partial charge is 0.220 e. The molecule has 1 heterocycles. The van der Waals surface area contributed by atoms with Crippen LogP contribution in [-0.4, -0.2) is 19.6 Å². The molecule has 0 saturated carbocycles. The third kappa shape index (κ3) is 4.82. The normalized spacial score (nSPS) is 12.7. The summed E-state index contributed by atoms with van der Waals surface area (Å²) in [6, 6.07) is 6.40. The van der Waals surface area contributed by atoms with Gasteiger partial charge in [-0.05, 0) is 23.1 Å². The second-order valence-electron chi connectivity index (χ2n) is 4.58. The van der Waals surface area contributed by atoms with Crippen molar-refractivity contribution in [1.82, 2.24) is 10.6 Å². The molecule has 5 heteroatoms. The quantitative estimate of drug-likeness (QED) is 0.783. The Morgan fingerprint density at radius 1 is 1.37 bits per heavy atom. The van der Waals surface area contributed by atoms with E-state index in [0.29, 0.717) is 19.6 Å². The van der Waals surface area contributed by atoms with Crippen LogP contribution in [-0.2, 0) is 29.2 Å². The monoisotopic (exact) mass is 284 g/mol. The van der Waals surface area contributed by atoms with Gasteiger partial charge in [-0.25, -0.2) is 0 Å². The van der Waals surface area contributed by atoms with Gasteiger partial charge in [0.15, 0.2) is 0 Å². The molecule has 1 aliphatic rings. The van der Waals surface area contributed by atoms with Crippen molar-refractivity contribution in [2.24, 2.45) is 0 Å². The standard InChI is InChI=1S/C14H20N2O2.ClH/c1-18-6-2-3-14(17)16-8-11-4-5-12-9-15-10-13(12)7-11;/h4-5,7,15H,2-3,6,8-10H2,1H3,(H,16,17);1H. The van der Waals surface area contributed by atoms with Gasteiger partial charge < -0.3 is 15.4 Å². The molecule has 0 unspecified atom stereocenters. The lowest BCUT2D eigenvalue weighted by Gasteiger charge is -2.07. The highest BCUT2D eigenvalue weighted by atomic mass is 35.5. The number of methoxy groups -OCH3 is 1. The Labute approximate surface area is 120 Å². The number of halogens is 1. The van der Waals surface area contributed by atoms with Gasteiger partial charge in [-0.3, -0.25) is 4.79 Å². The fourth-order valence-electron chi connectivity index (χ4n) is 2.12. The molecule has 0 aliphatic carbocycles. The van der Waals surface area contributed by atoms with E-state index in [9.17, 15) is 4.79 Å². The van der Waals surface area contributed by atoms with Crippen LogP contribution in [0, 0.1) is 0 Å². The maximum absolute atomic E-state index is 11.5. The lowest BCUT2D eigenvalue weighted by molar-refractivity contribution is -0.121. The molecule has 1 aromatic carbocycles. The van der Waals surface area contributed by atoms with E-state index in [-0.39, 0.29) is 18.3 Å². The molecule has 1 aromatic rings. The van der Waals surface area contributed by atoms with Gasteiger partial charge in [0, 0.05) is 39.8 Å². The van der Waals surface area contributed by atoms with Crippen molar-refractivity contribution in [2.45, 2.75) is 32.5 Å². The Bertz CT molecular complexity index is 424. The molecule has 106 valence electrons. The van der Waals surface area contributed by atoms with Gasteiger partial charge in [0.1, 0.15) is 0 Å². The first-order chi connectivity index (χ1) is 8.79. The number of rotatable bonds is 6. The average molecular weight is 285 g/mol. The SMILES string of the molecule is COCCCC(=O)NCc1ccc2c(c1)CNC2.Cl. The first-order valence-corrected chi connectivity index (χ1v) is 6.36. The Kier molecular flexibility index (Phi) is 6.84. The minimum atomic E-state index is 0.